The van der Waals surface area contributed by atoms with E-state index in [4.69, 9.17) is 0 Å². The maximum absolute atomic E-state index is 4.31. The van der Waals surface area contributed by atoms with E-state index >= 15 is 0 Å². The molecule has 0 atom stereocenters. The van der Waals surface area contributed by atoms with Gasteiger partial charge >= 0.3 is 0 Å². The van der Waals surface area contributed by atoms with Crippen molar-refractivity contribution in [1.82, 2.24) is 9.97 Å². The molecule has 0 fully saturated rings. The van der Waals surface area contributed by atoms with Gasteiger partial charge in [-0.2, -0.15) is 0 Å². The molecule has 0 aliphatic carbocycles. The third-order valence-electron chi connectivity index (χ3n) is 2.09. The first-order chi connectivity index (χ1) is 7.27. The molecular formula is C11H10BrN3. The minimum Gasteiger partial charge on any atom is -0.328 e. The van der Waals surface area contributed by atoms with Gasteiger partial charge in [0.2, 0.25) is 0 Å². The molecule has 2 aromatic rings. The number of pyridine rings is 2. The number of anilines is 2. The number of hydrogen-bond acceptors (Lipinski definition) is 3. The molecule has 76 valence electrons. The summed E-state index contributed by atoms with van der Waals surface area (Å²) >= 11 is 3.36. The van der Waals surface area contributed by atoms with E-state index in [9.17, 15) is 0 Å². The molecule has 0 aromatic carbocycles. The van der Waals surface area contributed by atoms with Crippen LogP contribution in [-0.2, 0) is 0 Å². The molecule has 0 saturated carbocycles. The van der Waals surface area contributed by atoms with E-state index in [1.54, 1.807) is 12.4 Å². The molecule has 0 unspecified atom stereocenters. The van der Waals surface area contributed by atoms with Gasteiger partial charge in [0.25, 0.3) is 0 Å². The quantitative estimate of drug-likeness (QED) is 0.834. The van der Waals surface area contributed by atoms with Gasteiger partial charge in [-0.15, -0.1) is 0 Å². The third-order valence-corrected chi connectivity index (χ3v) is 2.56. The fourth-order valence-corrected chi connectivity index (χ4v) is 1.49. The zero-order valence-electron chi connectivity index (χ0n) is 8.26. The topological polar surface area (TPSA) is 29.0 Å². The molecule has 2 heterocycles. The summed E-state index contributed by atoms with van der Waals surface area (Å²) in [5.74, 6) is 0.895. The van der Waals surface area contributed by atoms with Crippen LogP contribution in [0, 0.1) is 0 Å². The van der Waals surface area contributed by atoms with Crippen molar-refractivity contribution in [1.29, 1.82) is 0 Å². The Kier molecular flexibility index (Phi) is 2.97. The van der Waals surface area contributed by atoms with Crippen LogP contribution >= 0.6 is 15.9 Å². The van der Waals surface area contributed by atoms with Crippen molar-refractivity contribution in [2.45, 2.75) is 0 Å². The molecule has 3 nitrogen and oxygen atoms in total. The summed E-state index contributed by atoms with van der Waals surface area (Å²) in [6.07, 6.45) is 5.35. The first-order valence-electron chi connectivity index (χ1n) is 4.52. The Labute approximate surface area is 96.9 Å². The monoisotopic (exact) mass is 263 g/mol. The summed E-state index contributed by atoms with van der Waals surface area (Å²) in [5.41, 5.74) is 1.02. The average molecular weight is 264 g/mol. The van der Waals surface area contributed by atoms with E-state index in [1.807, 2.05) is 42.4 Å². The van der Waals surface area contributed by atoms with Crippen LogP contribution in [0.2, 0.25) is 0 Å². The largest absolute Gasteiger partial charge is 0.328 e. The molecule has 0 N–H and O–H groups in total. The van der Waals surface area contributed by atoms with E-state index < -0.39 is 0 Å². The van der Waals surface area contributed by atoms with Gasteiger partial charge in [0.05, 0.1) is 11.9 Å². The first-order valence-corrected chi connectivity index (χ1v) is 5.32. The Hall–Kier alpha value is -1.42. The standard InChI is InChI=1S/C11H10BrN3/c1-15(10-3-2-6-13-8-10)11-5-4-9(12)7-14-11/h2-8H,1H3. The third kappa shape index (κ3) is 2.33. The zero-order valence-corrected chi connectivity index (χ0v) is 9.85. The van der Waals surface area contributed by atoms with E-state index in [0.717, 1.165) is 16.0 Å². The van der Waals surface area contributed by atoms with E-state index in [2.05, 4.69) is 25.9 Å². The van der Waals surface area contributed by atoms with Crippen molar-refractivity contribution < 1.29 is 0 Å². The number of aromatic nitrogens is 2. The number of rotatable bonds is 2. The van der Waals surface area contributed by atoms with Crippen molar-refractivity contribution >= 4 is 27.4 Å². The minimum absolute atomic E-state index is 0.895. The molecule has 0 radical (unpaired) electrons. The second-order valence-electron chi connectivity index (χ2n) is 3.10. The first kappa shape index (κ1) is 10.1. The lowest BCUT2D eigenvalue weighted by Gasteiger charge is -2.17. The maximum atomic E-state index is 4.31. The lowest BCUT2D eigenvalue weighted by Crippen LogP contribution is -2.10. The molecule has 0 spiro atoms. The summed E-state index contributed by atoms with van der Waals surface area (Å²) in [6, 6.07) is 7.83. The highest BCUT2D eigenvalue weighted by molar-refractivity contribution is 9.10. The molecule has 15 heavy (non-hydrogen) atoms. The minimum atomic E-state index is 0.895. The Balaban J connectivity index is 2.29. The fourth-order valence-electron chi connectivity index (χ4n) is 1.25. The molecule has 0 aliphatic rings. The van der Waals surface area contributed by atoms with Gasteiger partial charge in [0, 0.05) is 23.9 Å². The normalized spacial score (nSPS) is 10.0. The Morgan fingerprint density at radius 1 is 1.20 bits per heavy atom. The number of halogens is 1. The maximum Gasteiger partial charge on any atom is 0.132 e. The lowest BCUT2D eigenvalue weighted by atomic mass is 10.3. The molecule has 4 heteroatoms. The number of nitrogens with zero attached hydrogens (tertiary/aromatic N) is 3. The van der Waals surface area contributed by atoms with Crippen molar-refractivity contribution in [3.63, 3.8) is 0 Å². The summed E-state index contributed by atoms with van der Waals surface area (Å²) in [6.45, 7) is 0. The summed E-state index contributed by atoms with van der Waals surface area (Å²) in [5, 5.41) is 0. The Bertz CT molecular complexity index is 427. The van der Waals surface area contributed by atoms with Crippen LogP contribution in [0.25, 0.3) is 0 Å². The lowest BCUT2D eigenvalue weighted by molar-refractivity contribution is 1.11. The predicted octanol–water partition coefficient (Wildman–Crippen LogP) is 3.01. The fraction of sp³-hybridized carbons (Fsp3) is 0.0909. The molecule has 2 rings (SSSR count). The van der Waals surface area contributed by atoms with Crippen molar-refractivity contribution in [3.05, 3.63) is 47.3 Å². The molecule has 0 amide bonds. The predicted molar refractivity (Wildman–Crippen MR) is 64.2 cm³/mol. The van der Waals surface area contributed by atoms with Crippen LogP contribution in [0.5, 0.6) is 0 Å². The zero-order chi connectivity index (χ0) is 10.7. The van der Waals surface area contributed by atoms with E-state index in [0.29, 0.717) is 0 Å². The van der Waals surface area contributed by atoms with Crippen LogP contribution in [0.4, 0.5) is 11.5 Å². The van der Waals surface area contributed by atoms with Crippen LogP contribution in [0.3, 0.4) is 0 Å². The van der Waals surface area contributed by atoms with Crippen molar-refractivity contribution in [2.24, 2.45) is 0 Å². The van der Waals surface area contributed by atoms with Gasteiger partial charge < -0.3 is 4.90 Å². The van der Waals surface area contributed by atoms with E-state index in [1.165, 1.54) is 0 Å². The summed E-state index contributed by atoms with van der Waals surface area (Å²) in [7, 11) is 1.97. The average Bonchev–Trinajstić information content (AvgIpc) is 2.30. The van der Waals surface area contributed by atoms with Crippen LogP contribution in [-0.4, -0.2) is 17.0 Å². The van der Waals surface area contributed by atoms with Crippen molar-refractivity contribution in [3.8, 4) is 0 Å². The summed E-state index contributed by atoms with van der Waals surface area (Å²) in [4.78, 5) is 10.4. The SMILES string of the molecule is CN(c1cccnc1)c1ccc(Br)cn1. The van der Waals surface area contributed by atoms with Gasteiger partial charge in [0.1, 0.15) is 5.82 Å². The second-order valence-corrected chi connectivity index (χ2v) is 4.02. The second kappa shape index (κ2) is 4.40. The Morgan fingerprint density at radius 2 is 2.07 bits per heavy atom. The highest BCUT2D eigenvalue weighted by atomic mass is 79.9. The Morgan fingerprint density at radius 3 is 2.67 bits per heavy atom. The molecule has 0 aliphatic heterocycles. The molecule has 2 aromatic heterocycles. The van der Waals surface area contributed by atoms with Crippen LogP contribution in [0.15, 0.2) is 47.3 Å². The van der Waals surface area contributed by atoms with Crippen LogP contribution < -0.4 is 4.90 Å². The summed E-state index contributed by atoms with van der Waals surface area (Å²) < 4.78 is 0.978. The van der Waals surface area contributed by atoms with Crippen LogP contribution in [0.1, 0.15) is 0 Å². The van der Waals surface area contributed by atoms with Crippen molar-refractivity contribution in [2.75, 3.05) is 11.9 Å². The van der Waals surface area contributed by atoms with Gasteiger partial charge in [-0.1, -0.05) is 0 Å². The highest BCUT2D eigenvalue weighted by Crippen LogP contribution is 2.21. The van der Waals surface area contributed by atoms with Gasteiger partial charge in [-0.05, 0) is 40.2 Å². The molecular weight excluding hydrogens is 254 g/mol. The van der Waals surface area contributed by atoms with Gasteiger partial charge in [-0.3, -0.25) is 4.98 Å². The highest BCUT2D eigenvalue weighted by Gasteiger charge is 2.03. The molecule has 0 bridgehead atoms. The molecule has 0 saturated heterocycles. The van der Waals surface area contributed by atoms with Gasteiger partial charge in [-0.25, -0.2) is 4.98 Å². The van der Waals surface area contributed by atoms with E-state index in [-0.39, 0.29) is 0 Å². The number of hydrogen-bond donors (Lipinski definition) is 0. The van der Waals surface area contributed by atoms with Gasteiger partial charge in [0.15, 0.2) is 0 Å². The smallest absolute Gasteiger partial charge is 0.132 e.